The molecule has 0 saturated heterocycles. The van der Waals surface area contributed by atoms with Crippen LogP contribution in [0.3, 0.4) is 0 Å². The van der Waals surface area contributed by atoms with Gasteiger partial charge in [0, 0.05) is 28.0 Å². The third-order valence-corrected chi connectivity index (χ3v) is 4.43. The smallest absolute Gasteiger partial charge is 0.324 e. The summed E-state index contributed by atoms with van der Waals surface area (Å²) in [7, 11) is -5.17. The van der Waals surface area contributed by atoms with Gasteiger partial charge in [-0.1, -0.05) is 27.6 Å². The lowest BCUT2D eigenvalue weighted by molar-refractivity contribution is 0.435. The van der Waals surface area contributed by atoms with Crippen LogP contribution in [0.5, 0.6) is 0 Å². The summed E-state index contributed by atoms with van der Waals surface area (Å²) in [6.45, 7) is 0. The van der Waals surface area contributed by atoms with Crippen LogP contribution in [-0.2, 0) is 10.5 Å². The van der Waals surface area contributed by atoms with Crippen LogP contribution in [0.2, 0.25) is 5.02 Å². The summed E-state index contributed by atoms with van der Waals surface area (Å²) >= 11 is 7.63. The van der Waals surface area contributed by atoms with Crippen molar-refractivity contribution in [2.24, 2.45) is 10.2 Å². The fourth-order valence-electron chi connectivity index (χ4n) is 2.12. The number of pyridine rings is 1. The minimum absolute atomic E-state index is 0.728. The first kappa shape index (κ1) is 22.8. The quantitative estimate of drug-likeness (QED) is 0.206. The van der Waals surface area contributed by atoms with Crippen molar-refractivity contribution in [1.29, 1.82) is 0 Å². The van der Waals surface area contributed by atoms with Gasteiger partial charge in [0.2, 0.25) is 0 Å². The monoisotopic (exact) mass is 453 g/mol. The van der Waals surface area contributed by atoms with Gasteiger partial charge in [0.15, 0.2) is 0 Å². The second-order valence-electron chi connectivity index (χ2n) is 5.47. The molecular formula is C19H17ClFN3O3S2. The Labute approximate surface area is 177 Å². The van der Waals surface area contributed by atoms with E-state index in [4.69, 9.17) is 24.6 Å². The van der Waals surface area contributed by atoms with Crippen LogP contribution in [0.1, 0.15) is 5.56 Å². The summed E-state index contributed by atoms with van der Waals surface area (Å²) in [4.78, 5) is 1.24. The predicted octanol–water partition coefficient (Wildman–Crippen LogP) is 4.55. The number of thioether (sulfide) groups is 1. The van der Waals surface area contributed by atoms with Gasteiger partial charge < -0.3 is 4.57 Å². The topological polar surface area (TPSA) is 84.0 Å². The predicted molar refractivity (Wildman–Crippen MR) is 115 cm³/mol. The van der Waals surface area contributed by atoms with Gasteiger partial charge in [0.1, 0.15) is 0 Å². The van der Waals surface area contributed by atoms with E-state index < -0.39 is 10.5 Å². The van der Waals surface area contributed by atoms with E-state index in [1.165, 1.54) is 4.90 Å². The van der Waals surface area contributed by atoms with Crippen LogP contribution in [0.25, 0.3) is 5.69 Å². The van der Waals surface area contributed by atoms with E-state index in [-0.39, 0.29) is 0 Å². The fraction of sp³-hybridized carbons (Fsp3) is 0.0526. The third-order valence-electron chi connectivity index (χ3n) is 3.43. The van der Waals surface area contributed by atoms with Gasteiger partial charge in [0.25, 0.3) is 0 Å². The number of hydrogen-bond acceptors (Lipinski definition) is 5. The molecule has 0 radical (unpaired) electrons. The van der Waals surface area contributed by atoms with E-state index in [0.717, 1.165) is 21.6 Å². The molecule has 0 bridgehead atoms. The number of nitrogens with zero attached hydrogens (tertiary/aromatic N) is 3. The first-order chi connectivity index (χ1) is 13.7. The van der Waals surface area contributed by atoms with Gasteiger partial charge in [-0.3, -0.25) is 4.55 Å². The average molecular weight is 454 g/mol. The highest BCUT2D eigenvalue weighted by Crippen LogP contribution is 2.14. The van der Waals surface area contributed by atoms with Crippen molar-refractivity contribution >= 4 is 40.1 Å². The Kier molecular flexibility index (Phi) is 8.59. The molecule has 1 aromatic heterocycles. The normalized spacial score (nSPS) is 11.0. The highest BCUT2D eigenvalue weighted by Gasteiger charge is 1.94. The van der Waals surface area contributed by atoms with Crippen molar-refractivity contribution in [2.75, 3.05) is 6.26 Å². The Morgan fingerprint density at radius 2 is 1.59 bits per heavy atom. The van der Waals surface area contributed by atoms with Gasteiger partial charge >= 0.3 is 10.5 Å². The number of hydrogen-bond donors (Lipinski definition) is 1. The zero-order valence-electron chi connectivity index (χ0n) is 15.2. The summed E-state index contributed by atoms with van der Waals surface area (Å²) in [6, 6.07) is 19.7. The maximum atomic E-state index is 10.2. The molecule has 152 valence electrons. The molecule has 3 rings (SSSR count). The number of rotatable bonds is 4. The third kappa shape index (κ3) is 9.05. The lowest BCUT2D eigenvalue weighted by atomic mass is 10.2. The Balaban J connectivity index is 0.000000537. The van der Waals surface area contributed by atoms with Gasteiger partial charge in [-0.15, -0.1) is 11.8 Å². The van der Waals surface area contributed by atoms with Crippen molar-refractivity contribution in [3.63, 3.8) is 0 Å². The van der Waals surface area contributed by atoms with Crippen molar-refractivity contribution in [3.8, 4) is 5.69 Å². The minimum Gasteiger partial charge on any atom is -0.324 e. The molecule has 0 fully saturated rings. The lowest BCUT2D eigenvalue weighted by Crippen LogP contribution is -2.03. The minimum atomic E-state index is -5.17. The average Bonchev–Trinajstić information content (AvgIpc) is 2.68. The first-order valence-corrected chi connectivity index (χ1v) is 11.0. The van der Waals surface area contributed by atoms with E-state index in [0.29, 0.717) is 0 Å². The molecule has 2 aromatic carbocycles. The van der Waals surface area contributed by atoms with E-state index >= 15 is 0 Å². The largest absolute Gasteiger partial charge is 0.435 e. The number of halogens is 2. The molecular weight excluding hydrogens is 437 g/mol. The van der Waals surface area contributed by atoms with Crippen molar-refractivity contribution < 1.29 is 16.9 Å². The van der Waals surface area contributed by atoms with Crippen LogP contribution in [0.4, 0.5) is 3.89 Å². The Hall–Kier alpha value is -2.46. The molecule has 0 aliphatic heterocycles. The van der Waals surface area contributed by atoms with Crippen LogP contribution in [0, 0.1) is 0 Å². The van der Waals surface area contributed by atoms with E-state index in [9.17, 15) is 3.89 Å². The van der Waals surface area contributed by atoms with Gasteiger partial charge in [-0.2, -0.15) is 18.6 Å². The van der Waals surface area contributed by atoms with Crippen LogP contribution in [-0.4, -0.2) is 30.0 Å². The molecule has 0 saturated carbocycles. The second kappa shape index (κ2) is 10.9. The molecule has 6 nitrogen and oxygen atoms in total. The zero-order chi connectivity index (χ0) is 21.3. The summed E-state index contributed by atoms with van der Waals surface area (Å²) in [5, 5.41) is 9.90. The van der Waals surface area contributed by atoms with E-state index in [1.807, 2.05) is 65.5 Å². The summed E-state index contributed by atoms with van der Waals surface area (Å²) in [5.74, 6) is 0. The van der Waals surface area contributed by atoms with E-state index in [1.54, 1.807) is 18.0 Å². The Morgan fingerprint density at radius 3 is 2.10 bits per heavy atom. The number of benzene rings is 2. The standard InChI is InChI=1S/C19H16ClN3S.FHO3S/c1-24-19-8-2-15(3-9-19)14-21-22-17-10-12-23(13-11-17)18-6-4-16(20)5-7-18;1-5(2,3)4/h2-14H,1H3;(H,2,3,4). The van der Waals surface area contributed by atoms with Crippen molar-refractivity contribution in [3.05, 3.63) is 89.0 Å². The molecule has 0 unspecified atom stereocenters. The molecule has 10 heteroatoms. The highest BCUT2D eigenvalue weighted by atomic mass is 35.5. The van der Waals surface area contributed by atoms with Gasteiger partial charge in [-0.05, 0) is 60.4 Å². The Morgan fingerprint density at radius 1 is 1.03 bits per heavy atom. The molecule has 0 aliphatic carbocycles. The molecule has 29 heavy (non-hydrogen) atoms. The first-order valence-electron chi connectivity index (χ1n) is 8.07. The molecule has 1 N–H and O–H groups in total. The second-order valence-corrected chi connectivity index (χ2v) is 7.61. The molecule has 3 aromatic rings. The highest BCUT2D eigenvalue weighted by molar-refractivity contribution is 7.98. The molecule has 0 aliphatic rings. The molecule has 0 atom stereocenters. The van der Waals surface area contributed by atoms with Crippen LogP contribution >= 0.6 is 23.4 Å². The van der Waals surface area contributed by atoms with Crippen molar-refractivity contribution in [2.45, 2.75) is 4.90 Å². The fourth-order valence-corrected chi connectivity index (χ4v) is 2.66. The SMILES string of the molecule is CSc1ccc(C=NN=c2ccn(-c3ccc(Cl)cc3)cc2)cc1.O=S(=O)(O)F. The van der Waals surface area contributed by atoms with Gasteiger partial charge in [0.05, 0.1) is 11.6 Å². The molecule has 1 heterocycles. The van der Waals surface area contributed by atoms with Gasteiger partial charge in [-0.25, -0.2) is 0 Å². The van der Waals surface area contributed by atoms with Crippen LogP contribution < -0.4 is 5.36 Å². The number of aromatic nitrogens is 1. The summed E-state index contributed by atoms with van der Waals surface area (Å²) < 4.78 is 36.1. The summed E-state index contributed by atoms with van der Waals surface area (Å²) in [6.07, 6.45) is 7.71. The lowest BCUT2D eigenvalue weighted by Gasteiger charge is -2.05. The molecule has 0 amide bonds. The van der Waals surface area contributed by atoms with Crippen LogP contribution in [0.15, 0.2) is 88.2 Å². The zero-order valence-corrected chi connectivity index (χ0v) is 17.6. The maximum absolute atomic E-state index is 10.2. The summed E-state index contributed by atoms with van der Waals surface area (Å²) in [5.41, 5.74) is 2.08. The van der Waals surface area contributed by atoms with Crippen molar-refractivity contribution in [1.82, 2.24) is 4.57 Å². The maximum Gasteiger partial charge on any atom is 0.435 e. The Bertz CT molecular complexity index is 1100. The van der Waals surface area contributed by atoms with E-state index in [2.05, 4.69) is 28.6 Å². The molecule has 0 spiro atoms.